The molecule has 1 aliphatic carbocycles. The Morgan fingerprint density at radius 1 is 1.42 bits per heavy atom. The predicted octanol–water partition coefficient (Wildman–Crippen LogP) is 2.69. The number of nitrogens with one attached hydrogen (secondary N) is 2. The van der Waals surface area contributed by atoms with Crippen LogP contribution < -0.4 is 10.6 Å². The molecule has 1 heterocycles. The lowest BCUT2D eigenvalue weighted by Gasteiger charge is -2.11. The molecule has 3 rings (SSSR count). The van der Waals surface area contributed by atoms with E-state index >= 15 is 0 Å². The number of amides is 1. The van der Waals surface area contributed by atoms with Crippen LogP contribution in [0.2, 0.25) is 0 Å². The maximum Gasteiger partial charge on any atom is 0.293 e. The van der Waals surface area contributed by atoms with Crippen LogP contribution in [-0.2, 0) is 0 Å². The molecule has 1 fully saturated rings. The number of thiophene rings is 1. The van der Waals surface area contributed by atoms with Crippen LogP contribution in [0.25, 0.3) is 0 Å². The second-order valence-electron chi connectivity index (χ2n) is 5.69. The Morgan fingerprint density at radius 2 is 2.21 bits per heavy atom. The monoisotopic (exact) mass is 347 g/mol. The second-order valence-corrected chi connectivity index (χ2v) is 6.47. The highest BCUT2D eigenvalue weighted by Crippen LogP contribution is 2.31. The summed E-state index contributed by atoms with van der Waals surface area (Å²) in [5.74, 6) is -0.453. The van der Waals surface area contributed by atoms with Crippen molar-refractivity contribution in [3.63, 3.8) is 0 Å². The van der Waals surface area contributed by atoms with E-state index in [1.807, 2.05) is 5.38 Å². The molecule has 1 amide bonds. The SMILES string of the molecule is O=C(NCC(O)c1ccsc1)c1ccc(NC2CC2)c([N+](=O)[O-])c1. The molecular formula is C16H17N3O4S. The third-order valence-electron chi connectivity index (χ3n) is 3.78. The van der Waals surface area contributed by atoms with Crippen molar-refractivity contribution in [2.75, 3.05) is 11.9 Å². The van der Waals surface area contributed by atoms with E-state index in [1.165, 1.54) is 17.4 Å². The van der Waals surface area contributed by atoms with Gasteiger partial charge in [-0.05, 0) is 47.4 Å². The summed E-state index contributed by atoms with van der Waals surface area (Å²) in [7, 11) is 0. The number of nitro groups is 1. The minimum absolute atomic E-state index is 0.0471. The number of hydrogen-bond acceptors (Lipinski definition) is 6. The van der Waals surface area contributed by atoms with Gasteiger partial charge in [0.1, 0.15) is 5.69 Å². The third kappa shape index (κ3) is 3.90. The molecule has 7 nitrogen and oxygen atoms in total. The van der Waals surface area contributed by atoms with Crippen molar-refractivity contribution in [3.8, 4) is 0 Å². The van der Waals surface area contributed by atoms with Crippen LogP contribution in [-0.4, -0.2) is 28.5 Å². The lowest BCUT2D eigenvalue weighted by molar-refractivity contribution is -0.384. The summed E-state index contributed by atoms with van der Waals surface area (Å²) < 4.78 is 0. The number of hydrogen-bond donors (Lipinski definition) is 3. The molecule has 8 heteroatoms. The Bertz CT molecular complexity index is 744. The fourth-order valence-corrected chi connectivity index (χ4v) is 2.97. The molecule has 1 aromatic carbocycles. The number of carbonyl (C=O) groups excluding carboxylic acids is 1. The van der Waals surface area contributed by atoms with E-state index in [0.717, 1.165) is 18.4 Å². The Labute approximate surface area is 142 Å². The Kier molecular flexibility index (Phi) is 4.77. The number of aliphatic hydroxyl groups is 1. The van der Waals surface area contributed by atoms with Crippen LogP contribution in [0.4, 0.5) is 11.4 Å². The Hall–Kier alpha value is -2.45. The van der Waals surface area contributed by atoms with Gasteiger partial charge in [0.2, 0.25) is 0 Å². The van der Waals surface area contributed by atoms with Gasteiger partial charge in [-0.2, -0.15) is 11.3 Å². The first-order valence-corrected chi connectivity index (χ1v) is 8.52. The first-order chi connectivity index (χ1) is 11.5. The lowest BCUT2D eigenvalue weighted by Crippen LogP contribution is -2.28. The minimum Gasteiger partial charge on any atom is -0.387 e. The van der Waals surface area contributed by atoms with E-state index in [9.17, 15) is 20.0 Å². The van der Waals surface area contributed by atoms with Gasteiger partial charge in [0.15, 0.2) is 0 Å². The zero-order chi connectivity index (χ0) is 17.1. The van der Waals surface area contributed by atoms with Gasteiger partial charge in [-0.25, -0.2) is 0 Å². The standard InChI is InChI=1S/C16H17N3O4S/c20-15(11-5-6-24-9-11)8-17-16(21)10-1-4-13(18-12-2-3-12)14(7-10)19(22)23/h1,4-7,9,12,15,18,20H,2-3,8H2,(H,17,21). The fraction of sp³-hybridized carbons (Fsp3) is 0.312. The molecule has 0 bridgehead atoms. The van der Waals surface area contributed by atoms with Gasteiger partial charge in [0.25, 0.3) is 11.6 Å². The van der Waals surface area contributed by atoms with E-state index in [-0.39, 0.29) is 23.8 Å². The molecule has 1 unspecified atom stereocenters. The van der Waals surface area contributed by atoms with Crippen LogP contribution in [0, 0.1) is 10.1 Å². The summed E-state index contributed by atoms with van der Waals surface area (Å²) in [6.45, 7) is 0.0471. The van der Waals surface area contributed by atoms with Crippen LogP contribution in [0.15, 0.2) is 35.0 Å². The van der Waals surface area contributed by atoms with Gasteiger partial charge in [-0.15, -0.1) is 0 Å². The molecule has 126 valence electrons. The van der Waals surface area contributed by atoms with Crippen molar-refractivity contribution >= 4 is 28.6 Å². The predicted molar refractivity (Wildman–Crippen MR) is 91.4 cm³/mol. The molecule has 1 aliphatic rings. The van der Waals surface area contributed by atoms with E-state index < -0.39 is 16.9 Å². The topological polar surface area (TPSA) is 104 Å². The normalized spacial score (nSPS) is 14.9. The summed E-state index contributed by atoms with van der Waals surface area (Å²) in [5.41, 5.74) is 1.24. The average Bonchev–Trinajstić information content (AvgIpc) is 3.21. The van der Waals surface area contributed by atoms with Gasteiger partial charge in [-0.1, -0.05) is 0 Å². The molecule has 0 radical (unpaired) electrons. The lowest BCUT2D eigenvalue weighted by atomic mass is 10.1. The molecule has 0 spiro atoms. The molecule has 1 aromatic heterocycles. The first-order valence-electron chi connectivity index (χ1n) is 7.58. The van der Waals surface area contributed by atoms with Gasteiger partial charge < -0.3 is 15.7 Å². The van der Waals surface area contributed by atoms with Crippen molar-refractivity contribution in [2.45, 2.75) is 25.0 Å². The number of aliphatic hydroxyl groups excluding tert-OH is 1. The van der Waals surface area contributed by atoms with Crippen molar-refractivity contribution in [3.05, 3.63) is 56.3 Å². The highest BCUT2D eigenvalue weighted by Gasteiger charge is 2.25. The largest absolute Gasteiger partial charge is 0.387 e. The van der Waals surface area contributed by atoms with Crippen LogP contribution >= 0.6 is 11.3 Å². The highest BCUT2D eigenvalue weighted by atomic mass is 32.1. The first kappa shape index (κ1) is 16.4. The number of benzene rings is 1. The quantitative estimate of drug-likeness (QED) is 0.528. The number of nitro benzene ring substituents is 1. The number of carbonyl (C=O) groups is 1. The van der Waals surface area contributed by atoms with Gasteiger partial charge in [0, 0.05) is 24.2 Å². The minimum atomic E-state index is -0.800. The Morgan fingerprint density at radius 3 is 2.83 bits per heavy atom. The summed E-state index contributed by atoms with van der Waals surface area (Å²) in [6.07, 6.45) is 1.20. The summed E-state index contributed by atoms with van der Waals surface area (Å²) in [6, 6.07) is 6.43. The zero-order valence-electron chi connectivity index (χ0n) is 12.8. The van der Waals surface area contributed by atoms with E-state index in [0.29, 0.717) is 5.69 Å². The van der Waals surface area contributed by atoms with Crippen molar-refractivity contribution in [1.82, 2.24) is 5.32 Å². The van der Waals surface area contributed by atoms with Crippen LogP contribution in [0.3, 0.4) is 0 Å². The molecule has 2 aromatic rings. The van der Waals surface area contributed by atoms with Gasteiger partial charge >= 0.3 is 0 Å². The number of anilines is 1. The van der Waals surface area contributed by atoms with Gasteiger partial charge in [-0.3, -0.25) is 14.9 Å². The molecule has 0 saturated heterocycles. The highest BCUT2D eigenvalue weighted by molar-refractivity contribution is 7.07. The number of nitrogens with zero attached hydrogens (tertiary/aromatic N) is 1. The number of rotatable bonds is 7. The smallest absolute Gasteiger partial charge is 0.293 e. The third-order valence-corrected chi connectivity index (χ3v) is 4.48. The van der Waals surface area contributed by atoms with Crippen molar-refractivity contribution in [2.24, 2.45) is 0 Å². The van der Waals surface area contributed by atoms with Crippen molar-refractivity contribution < 1.29 is 14.8 Å². The van der Waals surface area contributed by atoms with E-state index in [2.05, 4.69) is 10.6 Å². The summed E-state index contributed by atoms with van der Waals surface area (Å²) >= 11 is 1.46. The van der Waals surface area contributed by atoms with Crippen molar-refractivity contribution in [1.29, 1.82) is 0 Å². The summed E-state index contributed by atoms with van der Waals surface area (Å²) in [4.78, 5) is 22.9. The zero-order valence-corrected chi connectivity index (χ0v) is 13.6. The van der Waals surface area contributed by atoms with Crippen LogP contribution in [0.1, 0.15) is 34.9 Å². The van der Waals surface area contributed by atoms with E-state index in [1.54, 1.807) is 23.6 Å². The molecule has 24 heavy (non-hydrogen) atoms. The second kappa shape index (κ2) is 6.98. The molecule has 3 N–H and O–H groups in total. The molecular weight excluding hydrogens is 330 g/mol. The molecule has 0 aliphatic heterocycles. The average molecular weight is 347 g/mol. The maximum atomic E-state index is 12.2. The summed E-state index contributed by atoms with van der Waals surface area (Å²) in [5, 5.41) is 30.5. The Balaban J connectivity index is 1.67. The van der Waals surface area contributed by atoms with Crippen LogP contribution in [0.5, 0.6) is 0 Å². The van der Waals surface area contributed by atoms with E-state index in [4.69, 9.17) is 0 Å². The fourth-order valence-electron chi connectivity index (χ4n) is 2.27. The van der Waals surface area contributed by atoms with Gasteiger partial charge in [0.05, 0.1) is 11.0 Å². The molecule has 1 saturated carbocycles. The maximum absolute atomic E-state index is 12.2. The molecule has 1 atom stereocenters.